The topological polar surface area (TPSA) is 34.0 Å². The molecule has 3 heterocycles. The Hall–Kier alpha value is -1.78. The molecule has 0 N–H and O–H groups in total. The maximum Gasteiger partial charge on any atom is 0.131 e. The normalized spacial score (nSPS) is 18.0. The van der Waals surface area contributed by atoms with Crippen LogP contribution >= 0.6 is 23.2 Å². The van der Waals surface area contributed by atoms with E-state index in [-0.39, 0.29) is 0 Å². The van der Waals surface area contributed by atoms with E-state index >= 15 is 0 Å². The van der Waals surface area contributed by atoms with Crippen LogP contribution < -0.4 is 4.90 Å². The van der Waals surface area contributed by atoms with Gasteiger partial charge in [0.25, 0.3) is 0 Å². The third-order valence-electron chi connectivity index (χ3n) is 4.37. The third kappa shape index (κ3) is 2.56. The highest BCUT2D eigenvalue weighted by Crippen LogP contribution is 2.35. The lowest BCUT2D eigenvalue weighted by Crippen LogP contribution is -2.20. The molecule has 1 atom stereocenters. The van der Waals surface area contributed by atoms with Crippen molar-refractivity contribution < 1.29 is 0 Å². The largest absolute Gasteiger partial charge is 0.356 e. The molecule has 0 amide bonds. The molecule has 0 spiro atoms. The number of hydrogen-bond acceptors (Lipinski definition) is 3. The Morgan fingerprint density at radius 1 is 1.26 bits per heavy atom. The van der Waals surface area contributed by atoms with Gasteiger partial charge in [-0.1, -0.05) is 30.1 Å². The van der Waals surface area contributed by atoms with E-state index in [1.165, 1.54) is 6.42 Å². The summed E-state index contributed by atoms with van der Waals surface area (Å²) in [4.78, 5) is 11.3. The monoisotopic (exact) mass is 346 g/mol. The van der Waals surface area contributed by atoms with E-state index in [4.69, 9.17) is 28.2 Å². The Kier molecular flexibility index (Phi) is 3.66. The number of nitrogens with zero attached hydrogens (tertiary/aromatic N) is 4. The van der Waals surface area contributed by atoms with Gasteiger partial charge in [0.15, 0.2) is 0 Å². The van der Waals surface area contributed by atoms with E-state index in [1.807, 2.05) is 22.9 Å². The molecular weight excluding hydrogens is 331 g/mol. The van der Waals surface area contributed by atoms with Crippen molar-refractivity contribution in [1.29, 1.82) is 0 Å². The van der Waals surface area contributed by atoms with Crippen LogP contribution in [0.15, 0.2) is 36.9 Å². The van der Waals surface area contributed by atoms with Crippen LogP contribution in [0.2, 0.25) is 10.0 Å². The highest BCUT2D eigenvalue weighted by Gasteiger charge is 2.22. The second kappa shape index (κ2) is 5.69. The Morgan fingerprint density at radius 2 is 2.13 bits per heavy atom. The van der Waals surface area contributed by atoms with Crippen LogP contribution in [0.1, 0.15) is 13.3 Å². The van der Waals surface area contributed by atoms with Crippen molar-refractivity contribution in [3.05, 3.63) is 47.0 Å². The summed E-state index contributed by atoms with van der Waals surface area (Å²) in [5.74, 6) is 1.62. The number of imidazole rings is 1. The van der Waals surface area contributed by atoms with Gasteiger partial charge in [0.1, 0.15) is 5.82 Å². The van der Waals surface area contributed by atoms with Gasteiger partial charge >= 0.3 is 0 Å². The van der Waals surface area contributed by atoms with Crippen LogP contribution in [0.4, 0.5) is 5.82 Å². The molecule has 6 heteroatoms. The number of anilines is 1. The SMILES string of the molecule is C[C@@H]1CCN(c2cc(-n3ccnc3)c3ccc(Cl)c(Cl)c3n2)C1. The summed E-state index contributed by atoms with van der Waals surface area (Å²) < 4.78 is 1.98. The fourth-order valence-corrected chi connectivity index (χ4v) is 3.48. The van der Waals surface area contributed by atoms with Gasteiger partial charge in [-0.25, -0.2) is 9.97 Å². The second-order valence-electron chi connectivity index (χ2n) is 6.07. The van der Waals surface area contributed by atoms with Crippen LogP contribution in [0.3, 0.4) is 0 Å². The van der Waals surface area contributed by atoms with Gasteiger partial charge in [0.05, 0.1) is 27.6 Å². The minimum atomic E-state index is 0.500. The molecule has 118 valence electrons. The van der Waals surface area contributed by atoms with Crippen molar-refractivity contribution in [3.8, 4) is 5.69 Å². The highest BCUT2D eigenvalue weighted by molar-refractivity contribution is 6.45. The number of pyridine rings is 1. The molecule has 4 rings (SSSR count). The van der Waals surface area contributed by atoms with Gasteiger partial charge in [0.2, 0.25) is 0 Å². The zero-order valence-electron chi connectivity index (χ0n) is 12.7. The summed E-state index contributed by atoms with van der Waals surface area (Å²) in [6.45, 7) is 4.29. The van der Waals surface area contributed by atoms with Crippen molar-refractivity contribution in [2.75, 3.05) is 18.0 Å². The molecule has 0 unspecified atom stereocenters. The van der Waals surface area contributed by atoms with Crippen molar-refractivity contribution in [1.82, 2.24) is 14.5 Å². The quantitative estimate of drug-likeness (QED) is 0.681. The molecular formula is C17H16Cl2N4. The van der Waals surface area contributed by atoms with Gasteiger partial charge < -0.3 is 9.47 Å². The molecule has 1 aromatic carbocycles. The van der Waals surface area contributed by atoms with Crippen LogP contribution in [0.25, 0.3) is 16.6 Å². The fraction of sp³-hybridized carbons (Fsp3) is 0.294. The summed E-state index contributed by atoms with van der Waals surface area (Å²) in [5.41, 5.74) is 1.75. The molecule has 0 saturated carbocycles. The van der Waals surface area contributed by atoms with E-state index in [2.05, 4.69) is 22.9 Å². The Balaban J connectivity index is 1.96. The van der Waals surface area contributed by atoms with Gasteiger partial charge in [-0.3, -0.25) is 0 Å². The van der Waals surface area contributed by atoms with Crippen LogP contribution in [-0.4, -0.2) is 27.6 Å². The minimum Gasteiger partial charge on any atom is -0.356 e. The Bertz CT molecular complexity index is 861. The van der Waals surface area contributed by atoms with E-state index in [9.17, 15) is 0 Å². The molecule has 1 aliphatic heterocycles. The number of hydrogen-bond donors (Lipinski definition) is 0. The molecule has 0 radical (unpaired) electrons. The number of fused-ring (bicyclic) bond motifs is 1. The highest BCUT2D eigenvalue weighted by atomic mass is 35.5. The number of benzene rings is 1. The van der Waals surface area contributed by atoms with Crippen LogP contribution in [0, 0.1) is 5.92 Å². The molecule has 3 aromatic rings. The maximum absolute atomic E-state index is 6.43. The van der Waals surface area contributed by atoms with Gasteiger partial charge in [-0.2, -0.15) is 0 Å². The zero-order valence-corrected chi connectivity index (χ0v) is 14.2. The van der Waals surface area contributed by atoms with Crippen molar-refractivity contribution in [2.45, 2.75) is 13.3 Å². The molecule has 23 heavy (non-hydrogen) atoms. The lowest BCUT2D eigenvalue weighted by Gasteiger charge is -2.20. The first kappa shape index (κ1) is 14.8. The summed E-state index contributed by atoms with van der Waals surface area (Å²) >= 11 is 12.6. The zero-order chi connectivity index (χ0) is 16.0. The molecule has 1 aliphatic rings. The number of aromatic nitrogens is 3. The molecule has 1 saturated heterocycles. The lowest BCUT2D eigenvalue weighted by atomic mass is 10.1. The fourth-order valence-electron chi connectivity index (χ4n) is 3.12. The standard InChI is InChI=1S/C17H16Cl2N4/c1-11-4-6-22(9-11)15-8-14(23-7-5-20-10-23)12-2-3-13(18)16(19)17(12)21-15/h2-3,5,7-8,10-11H,4,6,9H2,1H3/t11-/m1/s1. The predicted octanol–water partition coefficient (Wildman–Crippen LogP) is 4.57. The number of rotatable bonds is 2. The predicted molar refractivity (Wildman–Crippen MR) is 94.9 cm³/mol. The first-order valence-electron chi connectivity index (χ1n) is 7.65. The lowest BCUT2D eigenvalue weighted by molar-refractivity contribution is 0.659. The van der Waals surface area contributed by atoms with Gasteiger partial charge in [0, 0.05) is 36.9 Å². The summed E-state index contributed by atoms with van der Waals surface area (Å²) in [6, 6.07) is 5.88. The summed E-state index contributed by atoms with van der Waals surface area (Å²) in [6.07, 6.45) is 6.66. The van der Waals surface area contributed by atoms with Crippen LogP contribution in [0.5, 0.6) is 0 Å². The molecule has 1 fully saturated rings. The summed E-state index contributed by atoms with van der Waals surface area (Å²) in [5, 5.41) is 1.99. The van der Waals surface area contributed by atoms with E-state index in [1.54, 1.807) is 12.5 Å². The third-order valence-corrected chi connectivity index (χ3v) is 5.16. The Morgan fingerprint density at radius 3 is 2.83 bits per heavy atom. The van der Waals surface area contributed by atoms with E-state index in [0.717, 1.165) is 35.5 Å². The second-order valence-corrected chi connectivity index (χ2v) is 6.85. The average Bonchev–Trinajstić information content (AvgIpc) is 3.21. The van der Waals surface area contributed by atoms with Crippen molar-refractivity contribution in [3.63, 3.8) is 0 Å². The summed E-state index contributed by atoms with van der Waals surface area (Å²) in [7, 11) is 0. The minimum absolute atomic E-state index is 0.500. The van der Waals surface area contributed by atoms with E-state index in [0.29, 0.717) is 16.0 Å². The Labute approximate surface area is 144 Å². The van der Waals surface area contributed by atoms with E-state index < -0.39 is 0 Å². The molecule has 2 aromatic heterocycles. The van der Waals surface area contributed by atoms with Gasteiger partial charge in [-0.15, -0.1) is 0 Å². The average molecular weight is 347 g/mol. The first-order valence-corrected chi connectivity index (χ1v) is 8.41. The van der Waals surface area contributed by atoms with Gasteiger partial charge in [-0.05, 0) is 24.5 Å². The first-order chi connectivity index (χ1) is 11.1. The molecule has 4 nitrogen and oxygen atoms in total. The van der Waals surface area contributed by atoms with Crippen LogP contribution in [-0.2, 0) is 0 Å². The molecule has 0 aliphatic carbocycles. The van der Waals surface area contributed by atoms with Crippen molar-refractivity contribution >= 4 is 39.9 Å². The number of halogens is 2. The maximum atomic E-state index is 6.43. The molecule has 0 bridgehead atoms. The smallest absolute Gasteiger partial charge is 0.131 e. The van der Waals surface area contributed by atoms with Crippen molar-refractivity contribution in [2.24, 2.45) is 5.92 Å².